The number of para-hydroxylation sites is 2. The van der Waals surface area contributed by atoms with Gasteiger partial charge in [0.15, 0.2) is 0 Å². The van der Waals surface area contributed by atoms with Crippen LogP contribution in [0, 0.1) is 0 Å². The van der Waals surface area contributed by atoms with Crippen molar-refractivity contribution in [1.82, 2.24) is 9.97 Å². The second-order valence-electron chi connectivity index (χ2n) is 2.73. The molecule has 0 saturated carbocycles. The predicted octanol–water partition coefficient (Wildman–Crippen LogP) is 0.382. The molecule has 4 heteroatoms. The maximum Gasteiger partial charge on any atom is 0.271 e. The number of nitrogens with two attached hydrogens (primary N) is 1. The first-order valence-corrected chi connectivity index (χ1v) is 3.99. The number of aromatic nitrogens is 2. The number of benzene rings is 1. The molecule has 1 heterocycles. The summed E-state index contributed by atoms with van der Waals surface area (Å²) in [7, 11) is 0. The largest absolute Gasteiger partial charge is 0.325 e. The van der Waals surface area contributed by atoms with Gasteiger partial charge >= 0.3 is 0 Å². The molecule has 0 amide bonds. The average Bonchev–Trinajstić information content (AvgIpc) is 2.17. The molecule has 0 aliphatic carbocycles. The number of H-pyrrole nitrogens is 1. The molecule has 2 rings (SSSR count). The van der Waals surface area contributed by atoms with Crippen LogP contribution in [-0.4, -0.2) is 9.97 Å². The molecule has 66 valence electrons. The van der Waals surface area contributed by atoms with E-state index in [9.17, 15) is 4.79 Å². The minimum atomic E-state index is -0.207. The predicted molar refractivity (Wildman–Crippen MR) is 50.3 cm³/mol. The highest BCUT2D eigenvalue weighted by atomic mass is 16.1. The molecule has 0 fully saturated rings. The van der Waals surface area contributed by atoms with Crippen molar-refractivity contribution in [3.63, 3.8) is 0 Å². The van der Waals surface area contributed by atoms with Crippen LogP contribution in [0.4, 0.5) is 0 Å². The van der Waals surface area contributed by atoms with Crippen LogP contribution in [0.5, 0.6) is 0 Å². The summed E-state index contributed by atoms with van der Waals surface area (Å²) in [5, 5.41) is 0. The Morgan fingerprint density at radius 2 is 2.15 bits per heavy atom. The highest BCUT2D eigenvalue weighted by molar-refractivity contribution is 5.73. The van der Waals surface area contributed by atoms with Crippen molar-refractivity contribution < 1.29 is 0 Å². The van der Waals surface area contributed by atoms with E-state index in [-0.39, 0.29) is 12.1 Å². The quantitative estimate of drug-likeness (QED) is 0.658. The molecular weight excluding hydrogens is 166 g/mol. The summed E-state index contributed by atoms with van der Waals surface area (Å²) in [5.74, 6) is 0. The van der Waals surface area contributed by atoms with E-state index in [1.54, 1.807) is 0 Å². The van der Waals surface area contributed by atoms with E-state index in [4.69, 9.17) is 5.73 Å². The summed E-state index contributed by atoms with van der Waals surface area (Å²) in [6, 6.07) is 7.37. The first kappa shape index (κ1) is 7.94. The standard InChI is InChI=1S/C9H9N3O/c10-5-8-9(13)12-7-4-2-1-3-6(7)11-8/h1-4H,5,10H2,(H,12,13). The number of hydrogen-bond donors (Lipinski definition) is 2. The zero-order valence-corrected chi connectivity index (χ0v) is 6.95. The molecule has 4 nitrogen and oxygen atoms in total. The van der Waals surface area contributed by atoms with Gasteiger partial charge in [-0.25, -0.2) is 4.98 Å². The highest BCUT2D eigenvalue weighted by Crippen LogP contribution is 2.05. The van der Waals surface area contributed by atoms with Crippen LogP contribution in [-0.2, 0) is 6.54 Å². The Kier molecular flexibility index (Phi) is 1.83. The molecule has 0 aliphatic rings. The third-order valence-corrected chi connectivity index (χ3v) is 1.86. The van der Waals surface area contributed by atoms with Gasteiger partial charge in [0.25, 0.3) is 5.56 Å². The molecule has 0 saturated heterocycles. The van der Waals surface area contributed by atoms with E-state index in [1.165, 1.54) is 0 Å². The monoisotopic (exact) mass is 175 g/mol. The number of nitrogens with one attached hydrogen (secondary N) is 1. The molecule has 0 unspecified atom stereocenters. The summed E-state index contributed by atoms with van der Waals surface area (Å²) in [6.07, 6.45) is 0. The molecule has 0 radical (unpaired) electrons. The molecule has 1 aromatic carbocycles. The Bertz CT molecular complexity index is 489. The van der Waals surface area contributed by atoms with Crippen LogP contribution in [0.2, 0.25) is 0 Å². The third-order valence-electron chi connectivity index (χ3n) is 1.86. The zero-order valence-electron chi connectivity index (χ0n) is 6.95. The van der Waals surface area contributed by atoms with Gasteiger partial charge < -0.3 is 10.7 Å². The number of rotatable bonds is 1. The number of hydrogen-bond acceptors (Lipinski definition) is 3. The zero-order chi connectivity index (χ0) is 9.26. The van der Waals surface area contributed by atoms with Crippen molar-refractivity contribution in [2.75, 3.05) is 0 Å². The van der Waals surface area contributed by atoms with Crippen LogP contribution >= 0.6 is 0 Å². The van der Waals surface area contributed by atoms with Crippen LogP contribution < -0.4 is 11.3 Å². The van der Waals surface area contributed by atoms with Gasteiger partial charge in [-0.2, -0.15) is 0 Å². The van der Waals surface area contributed by atoms with E-state index in [2.05, 4.69) is 9.97 Å². The smallest absolute Gasteiger partial charge is 0.271 e. The molecule has 3 N–H and O–H groups in total. The second kappa shape index (κ2) is 2.99. The fraction of sp³-hybridized carbons (Fsp3) is 0.111. The Labute approximate surface area is 74.4 Å². The topological polar surface area (TPSA) is 71.8 Å². The van der Waals surface area contributed by atoms with Gasteiger partial charge in [-0.3, -0.25) is 4.79 Å². The summed E-state index contributed by atoms with van der Waals surface area (Å²) in [6.45, 7) is 0.167. The van der Waals surface area contributed by atoms with E-state index in [0.29, 0.717) is 5.69 Å². The Balaban J connectivity index is 2.81. The van der Waals surface area contributed by atoms with Crippen LogP contribution in [0.3, 0.4) is 0 Å². The van der Waals surface area contributed by atoms with E-state index in [1.807, 2.05) is 24.3 Å². The molecule has 2 aromatic rings. The normalized spacial score (nSPS) is 10.5. The summed E-state index contributed by atoms with van der Waals surface area (Å²) < 4.78 is 0. The molecule has 13 heavy (non-hydrogen) atoms. The van der Waals surface area contributed by atoms with Crippen molar-refractivity contribution in [3.8, 4) is 0 Å². The Hall–Kier alpha value is -1.68. The maximum absolute atomic E-state index is 11.3. The van der Waals surface area contributed by atoms with Crippen LogP contribution in [0.1, 0.15) is 5.69 Å². The van der Waals surface area contributed by atoms with Gasteiger partial charge in [0.2, 0.25) is 0 Å². The van der Waals surface area contributed by atoms with Crippen LogP contribution in [0.15, 0.2) is 29.1 Å². The van der Waals surface area contributed by atoms with Crippen molar-refractivity contribution in [1.29, 1.82) is 0 Å². The molecule has 0 spiro atoms. The molecule has 0 atom stereocenters. The van der Waals surface area contributed by atoms with Gasteiger partial charge in [-0.15, -0.1) is 0 Å². The number of fused-ring (bicyclic) bond motifs is 1. The summed E-state index contributed by atoms with van der Waals surface area (Å²) in [5.41, 5.74) is 7.03. The molecule has 0 aliphatic heterocycles. The van der Waals surface area contributed by atoms with Crippen molar-refractivity contribution in [2.24, 2.45) is 5.73 Å². The maximum atomic E-state index is 11.3. The van der Waals surface area contributed by atoms with Gasteiger partial charge in [0, 0.05) is 6.54 Å². The van der Waals surface area contributed by atoms with Crippen molar-refractivity contribution in [3.05, 3.63) is 40.3 Å². The SMILES string of the molecule is NCc1nc2ccccc2[nH]c1=O. The van der Waals surface area contributed by atoms with Gasteiger partial charge in [0.1, 0.15) is 5.69 Å². The molecule has 0 bridgehead atoms. The van der Waals surface area contributed by atoms with E-state index >= 15 is 0 Å². The minimum absolute atomic E-state index is 0.167. The lowest BCUT2D eigenvalue weighted by Gasteiger charge is -1.98. The van der Waals surface area contributed by atoms with E-state index < -0.39 is 0 Å². The number of nitrogens with zero attached hydrogens (tertiary/aromatic N) is 1. The van der Waals surface area contributed by atoms with Crippen molar-refractivity contribution >= 4 is 11.0 Å². The Morgan fingerprint density at radius 1 is 1.38 bits per heavy atom. The lowest BCUT2D eigenvalue weighted by atomic mass is 10.3. The fourth-order valence-electron chi connectivity index (χ4n) is 1.21. The summed E-state index contributed by atoms with van der Waals surface area (Å²) >= 11 is 0. The third kappa shape index (κ3) is 1.31. The molecular formula is C9H9N3O. The summed E-state index contributed by atoms with van der Waals surface area (Å²) in [4.78, 5) is 18.1. The minimum Gasteiger partial charge on any atom is -0.325 e. The Morgan fingerprint density at radius 3 is 2.92 bits per heavy atom. The first-order chi connectivity index (χ1) is 6.31. The lowest BCUT2D eigenvalue weighted by Crippen LogP contribution is -2.18. The molecule has 1 aromatic heterocycles. The number of aromatic amines is 1. The second-order valence-corrected chi connectivity index (χ2v) is 2.73. The highest BCUT2D eigenvalue weighted by Gasteiger charge is 2.00. The lowest BCUT2D eigenvalue weighted by molar-refractivity contribution is 0.960. The fourth-order valence-corrected chi connectivity index (χ4v) is 1.21. The average molecular weight is 175 g/mol. The van der Waals surface area contributed by atoms with Gasteiger partial charge in [0.05, 0.1) is 11.0 Å². The van der Waals surface area contributed by atoms with Gasteiger partial charge in [-0.05, 0) is 12.1 Å². The van der Waals surface area contributed by atoms with Crippen LogP contribution in [0.25, 0.3) is 11.0 Å². The van der Waals surface area contributed by atoms with Gasteiger partial charge in [-0.1, -0.05) is 12.1 Å². The van der Waals surface area contributed by atoms with E-state index in [0.717, 1.165) is 11.0 Å². The van der Waals surface area contributed by atoms with Crippen molar-refractivity contribution in [2.45, 2.75) is 6.54 Å². The first-order valence-electron chi connectivity index (χ1n) is 3.99.